The van der Waals surface area contributed by atoms with Crippen molar-refractivity contribution < 1.29 is 4.79 Å². The maximum absolute atomic E-state index is 11.6. The summed E-state index contributed by atoms with van der Waals surface area (Å²) < 4.78 is 1.03. The first-order valence-corrected chi connectivity index (χ1v) is 11.2. The molecule has 0 atom stereocenters. The molecule has 0 saturated carbocycles. The van der Waals surface area contributed by atoms with Crippen molar-refractivity contribution in [3.05, 3.63) is 59.2 Å². The molecule has 0 bridgehead atoms. The summed E-state index contributed by atoms with van der Waals surface area (Å²) in [5.74, 6) is 0. The van der Waals surface area contributed by atoms with Gasteiger partial charge in [-0.3, -0.25) is 9.93 Å². The van der Waals surface area contributed by atoms with Crippen molar-refractivity contribution >= 4 is 52.1 Å². The van der Waals surface area contributed by atoms with Gasteiger partial charge in [-0.2, -0.15) is 0 Å². The summed E-state index contributed by atoms with van der Waals surface area (Å²) in [6, 6.07) is 15.6. The molecule has 1 heterocycles. The fourth-order valence-corrected chi connectivity index (χ4v) is 4.65. The van der Waals surface area contributed by atoms with E-state index < -0.39 is 0 Å². The van der Waals surface area contributed by atoms with E-state index in [-0.39, 0.29) is 0 Å². The number of anilines is 2. The van der Waals surface area contributed by atoms with Gasteiger partial charge < -0.3 is 9.80 Å². The Balaban J connectivity index is 1.60. The van der Waals surface area contributed by atoms with E-state index in [2.05, 4.69) is 9.88 Å². The zero-order valence-corrected chi connectivity index (χ0v) is 18.7. The highest BCUT2D eigenvalue weighted by Gasteiger charge is 2.12. The second-order valence-electron chi connectivity index (χ2n) is 6.59. The van der Waals surface area contributed by atoms with Gasteiger partial charge in [0.1, 0.15) is 0 Å². The second kappa shape index (κ2) is 10.1. The second-order valence-corrected chi connectivity index (χ2v) is 8.87. The zero-order chi connectivity index (χ0) is 20.8. The van der Waals surface area contributed by atoms with Crippen LogP contribution in [0.2, 0.25) is 5.02 Å². The summed E-state index contributed by atoms with van der Waals surface area (Å²) in [5.41, 5.74) is 3.83. The van der Waals surface area contributed by atoms with Gasteiger partial charge in [0.05, 0.1) is 9.90 Å². The highest BCUT2D eigenvalue weighted by atomic mass is 35.5. The molecule has 2 N–H and O–H groups in total. The Labute approximate surface area is 184 Å². The van der Waals surface area contributed by atoms with Gasteiger partial charge in [-0.15, -0.1) is 0 Å². The predicted octanol–water partition coefficient (Wildman–Crippen LogP) is 5.23. The lowest BCUT2D eigenvalue weighted by Gasteiger charge is -2.21. The number of rotatable bonds is 9. The number of amides is 1. The summed E-state index contributed by atoms with van der Waals surface area (Å²) in [4.78, 5) is 20.0. The third-order valence-corrected chi connectivity index (χ3v) is 7.02. The van der Waals surface area contributed by atoms with E-state index in [0.29, 0.717) is 11.6 Å². The minimum absolute atomic E-state index is 0.627. The van der Waals surface area contributed by atoms with Crippen LogP contribution in [0.1, 0.15) is 12.1 Å². The summed E-state index contributed by atoms with van der Waals surface area (Å²) in [6.45, 7) is 3.38. The molecule has 0 saturated heterocycles. The molecule has 3 aromatic rings. The Morgan fingerprint density at radius 1 is 1.17 bits per heavy atom. The Morgan fingerprint density at radius 2 is 1.90 bits per heavy atom. The average molecular weight is 447 g/mol. The minimum atomic E-state index is 0.627. The van der Waals surface area contributed by atoms with Crippen molar-refractivity contribution in [1.29, 1.82) is 0 Å². The molecular formula is C21H23ClN4OS2. The minimum Gasteiger partial charge on any atom is -0.351 e. The van der Waals surface area contributed by atoms with Crippen molar-refractivity contribution in [1.82, 2.24) is 4.98 Å². The fraction of sp³-hybridized carbons (Fsp3) is 0.238. The first kappa shape index (κ1) is 21.6. The van der Waals surface area contributed by atoms with Crippen LogP contribution in [0.3, 0.4) is 0 Å². The van der Waals surface area contributed by atoms with Crippen LogP contribution in [-0.2, 0) is 4.79 Å². The van der Waals surface area contributed by atoms with Crippen molar-refractivity contribution in [2.75, 3.05) is 29.9 Å². The van der Waals surface area contributed by atoms with E-state index in [1.54, 1.807) is 16.2 Å². The first-order chi connectivity index (χ1) is 14.0. The summed E-state index contributed by atoms with van der Waals surface area (Å²) in [6.07, 6.45) is 1.70. The molecule has 2 aromatic carbocycles. The lowest BCUT2D eigenvalue weighted by atomic mass is 10.1. The molecule has 0 fully saturated rings. The molecule has 8 heteroatoms. The molecule has 5 nitrogen and oxygen atoms in total. The topological polar surface area (TPSA) is 62.5 Å². The zero-order valence-electron chi connectivity index (χ0n) is 16.3. The molecule has 29 heavy (non-hydrogen) atoms. The van der Waals surface area contributed by atoms with E-state index in [9.17, 15) is 4.79 Å². The molecule has 1 aromatic heterocycles. The van der Waals surface area contributed by atoms with E-state index >= 15 is 0 Å². The van der Waals surface area contributed by atoms with Gasteiger partial charge in [0, 0.05) is 36.4 Å². The highest BCUT2D eigenvalue weighted by Crippen LogP contribution is 2.31. The molecule has 152 valence electrons. The number of aryl methyl sites for hydroxylation is 1. The van der Waals surface area contributed by atoms with Crippen LogP contribution in [0.25, 0.3) is 11.1 Å². The molecule has 0 aliphatic rings. The van der Waals surface area contributed by atoms with E-state index in [4.69, 9.17) is 16.7 Å². The van der Waals surface area contributed by atoms with Crippen molar-refractivity contribution in [3.63, 3.8) is 0 Å². The van der Waals surface area contributed by atoms with Crippen LogP contribution in [0.5, 0.6) is 0 Å². The van der Waals surface area contributed by atoms with Gasteiger partial charge in [0.25, 0.3) is 0 Å². The highest BCUT2D eigenvalue weighted by molar-refractivity contribution is 7.99. The number of nitrogens with two attached hydrogens (primary N) is 1. The number of carbonyl (C=O) groups excluding carboxylic acids is 1. The van der Waals surface area contributed by atoms with Gasteiger partial charge in [-0.05, 0) is 49.1 Å². The average Bonchev–Trinajstić information content (AvgIpc) is 3.12. The van der Waals surface area contributed by atoms with Crippen LogP contribution in [0.15, 0.2) is 52.7 Å². The number of benzene rings is 2. The van der Waals surface area contributed by atoms with Crippen LogP contribution in [0.4, 0.5) is 10.8 Å². The molecule has 3 rings (SSSR count). The molecular weight excluding hydrogens is 424 g/mol. The maximum Gasteiger partial charge on any atom is 0.214 e. The van der Waals surface area contributed by atoms with Crippen LogP contribution < -0.4 is 14.9 Å². The lowest BCUT2D eigenvalue weighted by molar-refractivity contribution is -0.107. The Morgan fingerprint density at radius 3 is 2.52 bits per heavy atom. The molecule has 0 aliphatic carbocycles. The van der Waals surface area contributed by atoms with Crippen LogP contribution in [0, 0.1) is 6.92 Å². The van der Waals surface area contributed by atoms with Gasteiger partial charge in [0.15, 0.2) is 5.13 Å². The van der Waals surface area contributed by atoms with E-state index in [0.717, 1.165) is 51.2 Å². The quantitative estimate of drug-likeness (QED) is 0.360. The standard InChI is InChI=1S/C21H23ClN4OS2/c1-15-20(29-23)28-21(24-15)25(2)12-5-13-26(14-27)17-10-8-16(9-11-17)18-6-3-4-7-19(18)22/h3-4,6-11,14H,5,12-13,23H2,1-2H3. The smallest absolute Gasteiger partial charge is 0.214 e. The van der Waals surface area contributed by atoms with Gasteiger partial charge >= 0.3 is 0 Å². The van der Waals surface area contributed by atoms with Gasteiger partial charge in [0.2, 0.25) is 6.41 Å². The maximum atomic E-state index is 11.6. The molecule has 0 unspecified atom stereocenters. The molecule has 0 aliphatic heterocycles. The first-order valence-electron chi connectivity index (χ1n) is 9.15. The Kier molecular flexibility index (Phi) is 7.55. The SMILES string of the molecule is Cc1nc(N(C)CCCN(C=O)c2ccc(-c3ccccc3Cl)cc2)sc1SN. The largest absolute Gasteiger partial charge is 0.351 e. The number of nitrogens with zero attached hydrogens (tertiary/aromatic N) is 3. The normalized spacial score (nSPS) is 10.8. The van der Waals surface area contributed by atoms with Crippen molar-refractivity contribution in [3.8, 4) is 11.1 Å². The predicted molar refractivity (Wildman–Crippen MR) is 125 cm³/mol. The number of thiazole rings is 1. The van der Waals surface area contributed by atoms with E-state index in [1.807, 2.05) is 62.5 Å². The number of aromatic nitrogens is 1. The van der Waals surface area contributed by atoms with Gasteiger partial charge in [-0.25, -0.2) is 4.98 Å². The van der Waals surface area contributed by atoms with Crippen molar-refractivity contribution in [2.45, 2.75) is 17.6 Å². The third kappa shape index (κ3) is 5.30. The van der Waals surface area contributed by atoms with E-state index in [1.165, 1.54) is 11.9 Å². The van der Waals surface area contributed by atoms with Crippen LogP contribution >= 0.6 is 34.9 Å². The van der Waals surface area contributed by atoms with Crippen molar-refractivity contribution in [2.24, 2.45) is 5.14 Å². The van der Waals surface area contributed by atoms with Gasteiger partial charge in [-0.1, -0.05) is 53.3 Å². The number of carbonyl (C=O) groups is 1. The summed E-state index contributed by atoms with van der Waals surface area (Å²) >= 11 is 9.09. The number of hydrogen-bond acceptors (Lipinski definition) is 6. The summed E-state index contributed by atoms with van der Waals surface area (Å²) in [5, 5.41) is 7.31. The summed E-state index contributed by atoms with van der Waals surface area (Å²) in [7, 11) is 2.01. The Hall–Kier alpha value is -2.06. The Bertz CT molecular complexity index is 962. The number of hydrogen-bond donors (Lipinski definition) is 1. The molecule has 0 radical (unpaired) electrons. The lowest BCUT2D eigenvalue weighted by Crippen LogP contribution is -2.27. The monoisotopic (exact) mass is 446 g/mol. The fourth-order valence-electron chi connectivity index (χ4n) is 2.99. The molecule has 0 spiro atoms. The third-order valence-electron chi connectivity index (χ3n) is 4.58. The van der Waals surface area contributed by atoms with Crippen LogP contribution in [-0.4, -0.2) is 31.5 Å². The number of halogens is 1. The molecule has 1 amide bonds.